The molecule has 0 aromatic heterocycles. The van der Waals surface area contributed by atoms with E-state index in [1.165, 1.54) is 18.9 Å². The Balaban J connectivity index is 1.89. The molecule has 30 heavy (non-hydrogen) atoms. The molecule has 0 N–H and O–H groups in total. The van der Waals surface area contributed by atoms with Crippen LogP contribution >= 0.6 is 11.6 Å². The number of ether oxygens (including phenoxy) is 2. The highest BCUT2D eigenvalue weighted by Crippen LogP contribution is 2.36. The summed E-state index contributed by atoms with van der Waals surface area (Å²) in [5.41, 5.74) is 0. The van der Waals surface area contributed by atoms with Crippen molar-refractivity contribution in [3.05, 3.63) is 11.1 Å². The third-order valence-electron chi connectivity index (χ3n) is 7.06. The largest absolute Gasteiger partial charge is 0.462 e. The van der Waals surface area contributed by atoms with E-state index in [1.807, 2.05) is 0 Å². The summed E-state index contributed by atoms with van der Waals surface area (Å²) in [6, 6.07) is 0. The molecule has 172 valence electrons. The fraction of sp³-hybridized carbons (Fsp3) is 0.840. The molecular weight excluding hydrogens is 400 g/mol. The summed E-state index contributed by atoms with van der Waals surface area (Å²) in [5.74, 6) is 2.01. The van der Waals surface area contributed by atoms with E-state index in [1.54, 1.807) is 0 Å². The highest BCUT2D eigenvalue weighted by molar-refractivity contribution is 6.32. The molecule has 2 aliphatic rings. The van der Waals surface area contributed by atoms with Crippen LogP contribution < -0.4 is 0 Å². The molecule has 0 radical (unpaired) electrons. The number of rotatable bonds is 7. The first-order valence-electron chi connectivity index (χ1n) is 11.8. The van der Waals surface area contributed by atoms with E-state index in [0.717, 1.165) is 25.7 Å². The Bertz CT molecular complexity index is 612. The quantitative estimate of drug-likeness (QED) is 0.334. The Labute approximate surface area is 188 Å². The summed E-state index contributed by atoms with van der Waals surface area (Å²) in [4.78, 5) is 24.9. The summed E-state index contributed by atoms with van der Waals surface area (Å²) in [6.07, 6.45) is 7.34. The van der Waals surface area contributed by atoms with Crippen molar-refractivity contribution in [3.8, 4) is 0 Å². The Morgan fingerprint density at radius 3 is 1.80 bits per heavy atom. The molecule has 0 unspecified atom stereocenters. The summed E-state index contributed by atoms with van der Waals surface area (Å²) in [5, 5.41) is 0.180. The van der Waals surface area contributed by atoms with Gasteiger partial charge in [-0.25, -0.2) is 4.79 Å². The Kier molecular flexibility index (Phi) is 9.71. The summed E-state index contributed by atoms with van der Waals surface area (Å²) >= 11 is 6.22. The van der Waals surface area contributed by atoms with Crippen LogP contribution in [0.15, 0.2) is 11.1 Å². The van der Waals surface area contributed by atoms with Gasteiger partial charge in [0.05, 0.1) is 6.42 Å². The van der Waals surface area contributed by atoms with Gasteiger partial charge in [0.1, 0.15) is 12.2 Å². The molecule has 2 aliphatic carbocycles. The van der Waals surface area contributed by atoms with Crippen LogP contribution in [0, 0.1) is 35.5 Å². The maximum absolute atomic E-state index is 12.5. The lowest BCUT2D eigenvalue weighted by Gasteiger charge is -2.36. The van der Waals surface area contributed by atoms with Crippen molar-refractivity contribution in [1.82, 2.24) is 0 Å². The van der Waals surface area contributed by atoms with Gasteiger partial charge < -0.3 is 9.47 Å². The molecule has 0 aliphatic heterocycles. The van der Waals surface area contributed by atoms with Crippen molar-refractivity contribution in [2.45, 2.75) is 98.7 Å². The van der Waals surface area contributed by atoms with Gasteiger partial charge in [-0.05, 0) is 61.2 Å². The van der Waals surface area contributed by atoms with E-state index in [-0.39, 0.29) is 29.6 Å². The second-order valence-corrected chi connectivity index (χ2v) is 10.9. The van der Waals surface area contributed by atoms with Gasteiger partial charge in [0.15, 0.2) is 0 Å². The molecule has 0 bridgehead atoms. The normalized spacial score (nSPS) is 32.9. The summed E-state index contributed by atoms with van der Waals surface area (Å²) in [7, 11) is 0. The van der Waals surface area contributed by atoms with Gasteiger partial charge in [0.25, 0.3) is 0 Å². The van der Waals surface area contributed by atoms with Crippen LogP contribution in [0.3, 0.4) is 0 Å². The average Bonchev–Trinajstić information content (AvgIpc) is 2.60. The molecule has 6 atom stereocenters. The Morgan fingerprint density at radius 2 is 1.33 bits per heavy atom. The first-order valence-corrected chi connectivity index (χ1v) is 12.2. The first-order chi connectivity index (χ1) is 14.1. The molecule has 0 amide bonds. The SMILES string of the molecule is CC(C)[C@H]1CC[C@H](C)C[C@@H]1OC(=O)/C=C(\Cl)CC(=O)O[C@H]1C[C@@H](C)CC[C@@H]1C(C)C. The molecule has 2 saturated carbocycles. The van der Waals surface area contributed by atoms with E-state index < -0.39 is 5.97 Å². The lowest BCUT2D eigenvalue weighted by Crippen LogP contribution is -2.36. The van der Waals surface area contributed by atoms with Crippen molar-refractivity contribution in [1.29, 1.82) is 0 Å². The van der Waals surface area contributed by atoms with Crippen molar-refractivity contribution >= 4 is 23.5 Å². The van der Waals surface area contributed by atoms with E-state index in [9.17, 15) is 9.59 Å². The number of halogens is 1. The molecule has 5 heteroatoms. The number of hydrogen-bond acceptors (Lipinski definition) is 4. The van der Waals surface area contributed by atoms with E-state index in [0.29, 0.717) is 35.5 Å². The first kappa shape index (κ1) is 25.2. The van der Waals surface area contributed by atoms with Crippen LogP contribution in [-0.4, -0.2) is 24.1 Å². The van der Waals surface area contributed by atoms with Crippen LogP contribution in [0.1, 0.15) is 86.5 Å². The highest BCUT2D eigenvalue weighted by atomic mass is 35.5. The van der Waals surface area contributed by atoms with Gasteiger partial charge in [-0.15, -0.1) is 0 Å². The molecule has 2 fully saturated rings. The van der Waals surface area contributed by atoms with Crippen LogP contribution in [0.2, 0.25) is 0 Å². The maximum Gasteiger partial charge on any atom is 0.332 e. The molecule has 0 saturated heterocycles. The number of carbonyl (C=O) groups excluding carboxylic acids is 2. The van der Waals surface area contributed by atoms with Crippen LogP contribution in [0.4, 0.5) is 0 Å². The lowest BCUT2D eigenvalue weighted by atomic mass is 9.75. The van der Waals surface area contributed by atoms with Crippen LogP contribution in [0.5, 0.6) is 0 Å². The minimum Gasteiger partial charge on any atom is -0.462 e. The monoisotopic (exact) mass is 440 g/mol. The highest BCUT2D eigenvalue weighted by Gasteiger charge is 2.34. The summed E-state index contributed by atoms with van der Waals surface area (Å²) < 4.78 is 11.5. The zero-order chi connectivity index (χ0) is 22.4. The van der Waals surface area contributed by atoms with Crippen molar-refractivity contribution in [3.63, 3.8) is 0 Å². The van der Waals surface area contributed by atoms with Crippen molar-refractivity contribution in [2.24, 2.45) is 35.5 Å². The standard InChI is InChI=1S/C25H41ClO4/c1-15(2)20-9-7-17(5)11-22(20)29-24(27)13-19(26)14-25(28)30-23-12-18(6)8-10-21(23)16(3)4/h13,15-18,20-23H,7-12,14H2,1-6H3/b19-13-/t17-,18-,20+,21+,22-,23-/m0/s1. The van der Waals surface area contributed by atoms with Crippen molar-refractivity contribution in [2.75, 3.05) is 0 Å². The average molecular weight is 441 g/mol. The third kappa shape index (κ3) is 7.59. The Morgan fingerprint density at radius 1 is 0.867 bits per heavy atom. The molecular formula is C25H41ClO4. The van der Waals surface area contributed by atoms with Crippen LogP contribution in [-0.2, 0) is 19.1 Å². The molecule has 0 aromatic carbocycles. The van der Waals surface area contributed by atoms with Gasteiger partial charge in [0.2, 0.25) is 0 Å². The van der Waals surface area contributed by atoms with Gasteiger partial charge in [0, 0.05) is 11.1 Å². The smallest absolute Gasteiger partial charge is 0.332 e. The van der Waals surface area contributed by atoms with Gasteiger partial charge in [-0.3, -0.25) is 4.79 Å². The second-order valence-electron chi connectivity index (χ2n) is 10.4. The molecule has 0 aromatic rings. The molecule has 0 spiro atoms. The second kappa shape index (κ2) is 11.5. The number of esters is 2. The van der Waals surface area contributed by atoms with Crippen molar-refractivity contribution < 1.29 is 19.1 Å². The summed E-state index contributed by atoms with van der Waals surface area (Å²) in [6.45, 7) is 13.1. The zero-order valence-corrected chi connectivity index (χ0v) is 20.4. The fourth-order valence-electron chi connectivity index (χ4n) is 5.21. The van der Waals surface area contributed by atoms with Gasteiger partial charge in [-0.1, -0.05) is 66.0 Å². The predicted octanol–water partition coefficient (Wildman–Crippen LogP) is 6.51. The third-order valence-corrected chi connectivity index (χ3v) is 7.30. The Hall–Kier alpha value is -1.03. The lowest BCUT2D eigenvalue weighted by molar-refractivity contribution is -0.154. The van der Waals surface area contributed by atoms with Crippen LogP contribution in [0.25, 0.3) is 0 Å². The number of carbonyl (C=O) groups is 2. The molecule has 4 nitrogen and oxygen atoms in total. The predicted molar refractivity (Wildman–Crippen MR) is 121 cm³/mol. The fourth-order valence-corrected chi connectivity index (χ4v) is 5.41. The topological polar surface area (TPSA) is 52.6 Å². The number of hydrogen-bond donors (Lipinski definition) is 0. The van der Waals surface area contributed by atoms with E-state index in [4.69, 9.17) is 21.1 Å². The van der Waals surface area contributed by atoms with Gasteiger partial charge in [-0.2, -0.15) is 0 Å². The van der Waals surface area contributed by atoms with E-state index in [2.05, 4.69) is 41.5 Å². The minimum absolute atomic E-state index is 0.0619. The van der Waals surface area contributed by atoms with E-state index >= 15 is 0 Å². The molecule has 2 rings (SSSR count). The molecule has 0 heterocycles. The minimum atomic E-state index is -0.455. The van der Waals surface area contributed by atoms with Gasteiger partial charge >= 0.3 is 11.9 Å². The zero-order valence-electron chi connectivity index (χ0n) is 19.7. The maximum atomic E-state index is 12.5.